The van der Waals surface area contributed by atoms with Gasteiger partial charge in [0.2, 0.25) is 0 Å². The summed E-state index contributed by atoms with van der Waals surface area (Å²) in [4.78, 5) is 11.0. The largest absolute Gasteiger partial charge is 0.381 e. The van der Waals surface area contributed by atoms with Crippen LogP contribution in [0.15, 0.2) is 48.0 Å². The fraction of sp³-hybridized carbons (Fsp3) is 0.474. The first-order chi connectivity index (χ1) is 12.3. The smallest absolute Gasteiger partial charge is 0.193 e. The van der Waals surface area contributed by atoms with Crippen LogP contribution in [0, 0.1) is 5.41 Å². The maximum Gasteiger partial charge on any atom is 0.193 e. The van der Waals surface area contributed by atoms with Gasteiger partial charge in [-0.3, -0.25) is 4.99 Å². The molecule has 6 heteroatoms. The van der Waals surface area contributed by atoms with E-state index in [0.29, 0.717) is 5.41 Å². The zero-order valence-electron chi connectivity index (χ0n) is 14.7. The minimum atomic E-state index is 0.346. The van der Waals surface area contributed by atoms with Crippen molar-refractivity contribution in [3.8, 4) is 5.69 Å². The number of rotatable bonds is 3. The molecule has 1 atom stereocenters. The Morgan fingerprint density at radius 2 is 2.36 bits per heavy atom. The number of hydrogen-bond donors (Lipinski definition) is 1. The first kappa shape index (κ1) is 16.1. The zero-order chi connectivity index (χ0) is 17.1. The number of aromatic nitrogens is 2. The van der Waals surface area contributed by atoms with Gasteiger partial charge in [0, 0.05) is 56.8 Å². The van der Waals surface area contributed by atoms with E-state index in [0.717, 1.165) is 44.5 Å². The molecular formula is C19H25N5O. The molecule has 0 bridgehead atoms. The summed E-state index contributed by atoms with van der Waals surface area (Å²) in [7, 11) is 1.86. The summed E-state index contributed by atoms with van der Waals surface area (Å²) in [5, 5.41) is 3.52. The van der Waals surface area contributed by atoms with Crippen molar-refractivity contribution in [2.45, 2.75) is 19.4 Å². The van der Waals surface area contributed by atoms with E-state index in [4.69, 9.17) is 4.74 Å². The third kappa shape index (κ3) is 3.39. The van der Waals surface area contributed by atoms with E-state index in [2.05, 4.69) is 44.5 Å². The number of guanidine groups is 1. The minimum Gasteiger partial charge on any atom is -0.381 e. The van der Waals surface area contributed by atoms with Crippen LogP contribution >= 0.6 is 0 Å². The number of likely N-dealkylation sites (tertiary alicyclic amines) is 1. The average Bonchev–Trinajstić information content (AvgIpc) is 3.40. The number of nitrogens with zero attached hydrogens (tertiary/aromatic N) is 4. The van der Waals surface area contributed by atoms with Gasteiger partial charge in [-0.25, -0.2) is 4.98 Å². The lowest BCUT2D eigenvalue weighted by Crippen LogP contribution is -2.41. The van der Waals surface area contributed by atoms with E-state index < -0.39 is 0 Å². The van der Waals surface area contributed by atoms with Crippen LogP contribution in [0.4, 0.5) is 0 Å². The molecule has 2 fully saturated rings. The van der Waals surface area contributed by atoms with Gasteiger partial charge in [-0.15, -0.1) is 0 Å². The van der Waals surface area contributed by atoms with Gasteiger partial charge >= 0.3 is 0 Å². The molecule has 3 heterocycles. The molecule has 2 aromatic rings. The maximum atomic E-state index is 5.63. The van der Waals surface area contributed by atoms with Crippen LogP contribution in [0.2, 0.25) is 0 Å². The Hall–Kier alpha value is -2.34. The lowest BCUT2D eigenvalue weighted by atomic mass is 9.87. The van der Waals surface area contributed by atoms with E-state index in [9.17, 15) is 0 Å². The van der Waals surface area contributed by atoms with Gasteiger partial charge in [-0.05, 0) is 30.5 Å². The standard InChI is InChI=1S/C19H25N5O/c1-20-18(23-8-5-19(13-23)6-10-25-14-19)22-12-16-3-2-4-17(11-16)24-9-7-21-15-24/h2-4,7,9,11,15H,5-6,8,10,12-14H2,1H3,(H,20,22). The van der Waals surface area contributed by atoms with Crippen LogP contribution < -0.4 is 5.32 Å². The van der Waals surface area contributed by atoms with Crippen molar-refractivity contribution in [1.29, 1.82) is 0 Å². The summed E-state index contributed by atoms with van der Waals surface area (Å²) >= 11 is 0. The highest BCUT2D eigenvalue weighted by molar-refractivity contribution is 5.80. The molecule has 1 aromatic carbocycles. The third-order valence-corrected chi connectivity index (χ3v) is 5.30. The Morgan fingerprint density at radius 1 is 1.40 bits per heavy atom. The van der Waals surface area contributed by atoms with Crippen LogP contribution in [0.3, 0.4) is 0 Å². The average molecular weight is 339 g/mol. The topological polar surface area (TPSA) is 54.7 Å². The first-order valence-electron chi connectivity index (χ1n) is 8.89. The summed E-state index contributed by atoms with van der Waals surface area (Å²) in [5.41, 5.74) is 2.69. The van der Waals surface area contributed by atoms with Crippen molar-refractivity contribution in [3.05, 3.63) is 48.5 Å². The van der Waals surface area contributed by atoms with Gasteiger partial charge in [0.1, 0.15) is 0 Å². The van der Waals surface area contributed by atoms with Crippen molar-refractivity contribution in [2.24, 2.45) is 10.4 Å². The fourth-order valence-electron chi connectivity index (χ4n) is 3.84. The minimum absolute atomic E-state index is 0.346. The zero-order valence-corrected chi connectivity index (χ0v) is 14.7. The molecule has 0 saturated carbocycles. The highest BCUT2D eigenvalue weighted by Crippen LogP contribution is 2.38. The SMILES string of the molecule is CN=C(NCc1cccc(-n2ccnc2)c1)N1CCC2(CCOC2)C1. The number of aliphatic imine (C=N–C) groups is 1. The molecule has 1 unspecified atom stereocenters. The summed E-state index contributed by atoms with van der Waals surface area (Å²) in [6.45, 7) is 4.66. The molecule has 4 rings (SSSR count). The van der Waals surface area contributed by atoms with E-state index in [-0.39, 0.29) is 0 Å². The molecule has 2 saturated heterocycles. The molecule has 0 radical (unpaired) electrons. The summed E-state index contributed by atoms with van der Waals surface area (Å²) in [6, 6.07) is 8.48. The Labute approximate surface area is 148 Å². The van der Waals surface area contributed by atoms with Crippen LogP contribution in [0.1, 0.15) is 18.4 Å². The number of ether oxygens (including phenoxy) is 1. The Kier molecular flexibility index (Phi) is 4.44. The van der Waals surface area contributed by atoms with Crippen LogP contribution in [-0.4, -0.2) is 53.8 Å². The highest BCUT2D eigenvalue weighted by atomic mass is 16.5. The number of benzene rings is 1. The second kappa shape index (κ2) is 6.88. The van der Waals surface area contributed by atoms with Gasteiger partial charge < -0.3 is 19.5 Å². The van der Waals surface area contributed by atoms with Crippen molar-refractivity contribution in [1.82, 2.24) is 19.8 Å². The number of hydrogen-bond acceptors (Lipinski definition) is 3. The molecule has 25 heavy (non-hydrogen) atoms. The molecule has 1 N–H and O–H groups in total. The molecule has 1 aromatic heterocycles. The lowest BCUT2D eigenvalue weighted by Gasteiger charge is -2.25. The quantitative estimate of drug-likeness (QED) is 0.687. The highest BCUT2D eigenvalue weighted by Gasteiger charge is 2.42. The van der Waals surface area contributed by atoms with Gasteiger partial charge in [-0.1, -0.05) is 12.1 Å². The Balaban J connectivity index is 1.39. The molecule has 0 amide bonds. The second-order valence-corrected chi connectivity index (χ2v) is 7.01. The number of nitrogens with one attached hydrogen (secondary N) is 1. The third-order valence-electron chi connectivity index (χ3n) is 5.30. The van der Waals surface area contributed by atoms with Crippen molar-refractivity contribution in [2.75, 3.05) is 33.4 Å². The normalized spacial score (nSPS) is 23.6. The Morgan fingerprint density at radius 3 is 3.12 bits per heavy atom. The summed E-state index contributed by atoms with van der Waals surface area (Å²) in [6.07, 6.45) is 7.94. The lowest BCUT2D eigenvalue weighted by molar-refractivity contribution is 0.156. The van der Waals surface area contributed by atoms with Crippen LogP contribution in [0.25, 0.3) is 5.69 Å². The van der Waals surface area contributed by atoms with Crippen molar-refractivity contribution >= 4 is 5.96 Å². The molecule has 6 nitrogen and oxygen atoms in total. The van der Waals surface area contributed by atoms with Crippen LogP contribution in [-0.2, 0) is 11.3 Å². The fourth-order valence-corrected chi connectivity index (χ4v) is 3.84. The molecule has 2 aliphatic heterocycles. The van der Waals surface area contributed by atoms with E-state index >= 15 is 0 Å². The molecule has 132 valence electrons. The molecule has 0 aliphatic carbocycles. The summed E-state index contributed by atoms with van der Waals surface area (Å²) in [5.74, 6) is 0.983. The van der Waals surface area contributed by atoms with E-state index in [1.807, 2.05) is 24.1 Å². The van der Waals surface area contributed by atoms with Crippen molar-refractivity contribution in [3.63, 3.8) is 0 Å². The number of imidazole rings is 1. The van der Waals surface area contributed by atoms with Gasteiger partial charge in [-0.2, -0.15) is 0 Å². The van der Waals surface area contributed by atoms with Gasteiger partial charge in [0.15, 0.2) is 5.96 Å². The molecule has 1 spiro atoms. The van der Waals surface area contributed by atoms with E-state index in [1.54, 1.807) is 6.20 Å². The Bertz CT molecular complexity index is 734. The second-order valence-electron chi connectivity index (χ2n) is 7.01. The first-order valence-corrected chi connectivity index (χ1v) is 8.89. The molecular weight excluding hydrogens is 314 g/mol. The van der Waals surface area contributed by atoms with Gasteiger partial charge in [0.25, 0.3) is 0 Å². The van der Waals surface area contributed by atoms with E-state index in [1.165, 1.54) is 18.4 Å². The van der Waals surface area contributed by atoms with Gasteiger partial charge in [0.05, 0.1) is 12.9 Å². The predicted octanol–water partition coefficient (Wildman–Crippen LogP) is 2.06. The van der Waals surface area contributed by atoms with Crippen molar-refractivity contribution < 1.29 is 4.74 Å². The maximum absolute atomic E-state index is 5.63. The molecule has 2 aliphatic rings. The summed E-state index contributed by atoms with van der Waals surface area (Å²) < 4.78 is 7.64. The predicted molar refractivity (Wildman–Crippen MR) is 97.8 cm³/mol. The monoisotopic (exact) mass is 339 g/mol. The van der Waals surface area contributed by atoms with Crippen LogP contribution in [0.5, 0.6) is 0 Å².